The summed E-state index contributed by atoms with van der Waals surface area (Å²) in [6.45, 7) is 1.66. The second kappa shape index (κ2) is 6.45. The molecule has 1 aliphatic heterocycles. The molecule has 6 nitrogen and oxygen atoms in total. The Kier molecular flexibility index (Phi) is 4.20. The van der Waals surface area contributed by atoms with Gasteiger partial charge in [0.1, 0.15) is 16.2 Å². The molecule has 0 bridgehead atoms. The van der Waals surface area contributed by atoms with Crippen molar-refractivity contribution >= 4 is 49.8 Å². The monoisotopic (exact) mass is 351 g/mol. The fraction of sp³-hybridized carbons (Fsp3) is 0.385. The van der Waals surface area contributed by atoms with Crippen molar-refractivity contribution in [1.29, 1.82) is 0 Å². The molecule has 4 heterocycles. The van der Waals surface area contributed by atoms with Gasteiger partial charge in [0.05, 0.1) is 6.10 Å². The second-order valence-corrected chi connectivity index (χ2v) is 7.92. The lowest BCUT2D eigenvalue weighted by atomic mass is 10.2. The molecule has 3 aromatic heterocycles. The van der Waals surface area contributed by atoms with Crippen molar-refractivity contribution in [3.05, 3.63) is 17.8 Å². The van der Waals surface area contributed by atoms with E-state index in [0.29, 0.717) is 6.10 Å². The number of thiophene rings is 1. The van der Waals surface area contributed by atoms with Crippen LogP contribution in [0.3, 0.4) is 0 Å². The number of hydrogen-bond acceptors (Lipinski definition) is 9. The smallest absolute Gasteiger partial charge is 0.206 e. The van der Waals surface area contributed by atoms with Gasteiger partial charge in [-0.25, -0.2) is 9.97 Å². The van der Waals surface area contributed by atoms with Crippen LogP contribution in [-0.4, -0.2) is 39.4 Å². The van der Waals surface area contributed by atoms with Crippen LogP contribution in [-0.2, 0) is 4.74 Å². The Bertz CT molecular complexity index is 768. The molecule has 4 rings (SSSR count). The molecule has 0 unspecified atom stereocenters. The number of nitrogens with one attached hydrogen (secondary N) is 1. The number of anilines is 1. The normalized spacial score (nSPS) is 18.1. The van der Waals surface area contributed by atoms with Crippen molar-refractivity contribution in [2.45, 2.75) is 28.3 Å². The van der Waals surface area contributed by atoms with Gasteiger partial charge in [0, 0.05) is 18.5 Å². The molecule has 0 amide bonds. The molecule has 114 valence electrons. The average molecular weight is 351 g/mol. The van der Waals surface area contributed by atoms with Crippen molar-refractivity contribution in [2.75, 3.05) is 18.5 Å². The SMILES string of the molecule is c1nc(Sc2nnc(NC[C@@H]3CCCO3)s2)c2ccsc2n1. The molecule has 0 radical (unpaired) electrons. The van der Waals surface area contributed by atoms with Crippen molar-refractivity contribution in [2.24, 2.45) is 0 Å². The zero-order chi connectivity index (χ0) is 14.8. The Morgan fingerprint density at radius 2 is 2.36 bits per heavy atom. The van der Waals surface area contributed by atoms with Crippen LogP contribution in [0.15, 0.2) is 27.1 Å². The summed E-state index contributed by atoms with van der Waals surface area (Å²) in [6.07, 6.45) is 4.16. The van der Waals surface area contributed by atoms with Gasteiger partial charge in [-0.3, -0.25) is 0 Å². The number of aromatic nitrogens is 4. The van der Waals surface area contributed by atoms with Gasteiger partial charge in [0.25, 0.3) is 0 Å². The molecule has 0 aliphatic carbocycles. The van der Waals surface area contributed by atoms with Gasteiger partial charge >= 0.3 is 0 Å². The van der Waals surface area contributed by atoms with Gasteiger partial charge < -0.3 is 10.1 Å². The summed E-state index contributed by atoms with van der Waals surface area (Å²) in [5.74, 6) is 0. The van der Waals surface area contributed by atoms with Crippen LogP contribution in [0.5, 0.6) is 0 Å². The van der Waals surface area contributed by atoms with E-state index >= 15 is 0 Å². The lowest BCUT2D eigenvalue weighted by Gasteiger charge is -2.08. The number of ether oxygens (including phenoxy) is 1. The van der Waals surface area contributed by atoms with Crippen LogP contribution in [0, 0.1) is 0 Å². The molecule has 1 fully saturated rings. The van der Waals surface area contributed by atoms with Gasteiger partial charge in [-0.05, 0) is 36.0 Å². The van der Waals surface area contributed by atoms with Gasteiger partial charge in [-0.15, -0.1) is 21.5 Å². The fourth-order valence-electron chi connectivity index (χ4n) is 2.26. The summed E-state index contributed by atoms with van der Waals surface area (Å²) >= 11 is 4.69. The van der Waals surface area contributed by atoms with Gasteiger partial charge in [0.2, 0.25) is 5.13 Å². The summed E-state index contributed by atoms with van der Waals surface area (Å²) in [6, 6.07) is 2.04. The number of rotatable bonds is 5. The maximum absolute atomic E-state index is 5.59. The molecule has 3 aromatic rings. The molecule has 1 N–H and O–H groups in total. The van der Waals surface area contributed by atoms with Gasteiger partial charge in [-0.1, -0.05) is 11.3 Å². The zero-order valence-electron chi connectivity index (χ0n) is 11.6. The molecule has 1 aliphatic rings. The minimum atomic E-state index is 0.298. The number of fused-ring (bicyclic) bond motifs is 1. The molecule has 0 aromatic carbocycles. The van der Waals surface area contributed by atoms with Crippen LogP contribution in [0.1, 0.15) is 12.8 Å². The summed E-state index contributed by atoms with van der Waals surface area (Å²) < 4.78 is 6.47. The van der Waals surface area contributed by atoms with E-state index in [-0.39, 0.29) is 0 Å². The Labute approximate surface area is 139 Å². The Morgan fingerprint density at radius 3 is 3.27 bits per heavy atom. The third-order valence-electron chi connectivity index (χ3n) is 3.32. The van der Waals surface area contributed by atoms with E-state index in [0.717, 1.165) is 50.7 Å². The van der Waals surface area contributed by atoms with Crippen LogP contribution in [0.25, 0.3) is 10.2 Å². The lowest BCUT2D eigenvalue weighted by Crippen LogP contribution is -2.18. The van der Waals surface area contributed by atoms with E-state index < -0.39 is 0 Å². The lowest BCUT2D eigenvalue weighted by molar-refractivity contribution is 0.120. The van der Waals surface area contributed by atoms with Crippen LogP contribution in [0.2, 0.25) is 0 Å². The largest absolute Gasteiger partial charge is 0.376 e. The highest BCUT2D eigenvalue weighted by molar-refractivity contribution is 8.01. The molecule has 0 spiro atoms. The highest BCUT2D eigenvalue weighted by Gasteiger charge is 2.16. The Balaban J connectivity index is 1.44. The minimum absolute atomic E-state index is 0.298. The first kappa shape index (κ1) is 14.3. The predicted molar refractivity (Wildman–Crippen MR) is 88.9 cm³/mol. The second-order valence-electron chi connectivity index (χ2n) is 4.81. The quantitative estimate of drug-likeness (QED) is 0.707. The van der Waals surface area contributed by atoms with Crippen LogP contribution >= 0.6 is 34.4 Å². The third-order valence-corrected chi connectivity index (χ3v) is 6.09. The Hall–Kier alpha value is -1.29. The van der Waals surface area contributed by atoms with E-state index in [1.54, 1.807) is 17.7 Å². The summed E-state index contributed by atoms with van der Waals surface area (Å²) in [7, 11) is 0. The van der Waals surface area contributed by atoms with E-state index in [1.165, 1.54) is 23.1 Å². The van der Waals surface area contributed by atoms with Gasteiger partial charge in [-0.2, -0.15) is 0 Å². The first-order valence-corrected chi connectivity index (χ1v) is 9.45. The van der Waals surface area contributed by atoms with E-state index in [9.17, 15) is 0 Å². The van der Waals surface area contributed by atoms with E-state index in [2.05, 4.69) is 25.5 Å². The molecule has 22 heavy (non-hydrogen) atoms. The highest BCUT2D eigenvalue weighted by atomic mass is 32.2. The van der Waals surface area contributed by atoms with Crippen molar-refractivity contribution < 1.29 is 4.74 Å². The predicted octanol–water partition coefficient (Wildman–Crippen LogP) is 3.28. The molecule has 1 saturated heterocycles. The highest BCUT2D eigenvalue weighted by Crippen LogP contribution is 2.35. The summed E-state index contributed by atoms with van der Waals surface area (Å²) in [4.78, 5) is 9.61. The summed E-state index contributed by atoms with van der Waals surface area (Å²) in [5.41, 5.74) is 0. The van der Waals surface area contributed by atoms with Crippen molar-refractivity contribution in [1.82, 2.24) is 20.2 Å². The first-order chi connectivity index (χ1) is 10.9. The molecule has 9 heteroatoms. The number of hydrogen-bond donors (Lipinski definition) is 1. The zero-order valence-corrected chi connectivity index (χ0v) is 14.0. The topological polar surface area (TPSA) is 72.8 Å². The van der Waals surface area contributed by atoms with Gasteiger partial charge in [0.15, 0.2) is 4.34 Å². The van der Waals surface area contributed by atoms with Crippen molar-refractivity contribution in [3.63, 3.8) is 0 Å². The Morgan fingerprint density at radius 1 is 1.36 bits per heavy atom. The molecule has 1 atom stereocenters. The minimum Gasteiger partial charge on any atom is -0.376 e. The summed E-state index contributed by atoms with van der Waals surface area (Å²) in [5, 5.41) is 16.5. The van der Waals surface area contributed by atoms with Crippen LogP contribution < -0.4 is 5.32 Å². The van der Waals surface area contributed by atoms with E-state index in [4.69, 9.17) is 4.74 Å². The number of nitrogens with zero attached hydrogens (tertiary/aromatic N) is 4. The maximum atomic E-state index is 5.59. The first-order valence-electron chi connectivity index (χ1n) is 6.93. The molecular formula is C13H13N5OS3. The standard InChI is InChI=1S/C13H13N5OS3/c1-2-8(19-4-1)6-14-12-17-18-13(22-12)21-11-9-3-5-20-10(9)15-7-16-11/h3,5,7-8H,1-2,4,6H2,(H,14,17)/t8-/m0/s1. The van der Waals surface area contributed by atoms with Crippen molar-refractivity contribution in [3.8, 4) is 0 Å². The van der Waals surface area contributed by atoms with E-state index in [1.807, 2.05) is 11.4 Å². The maximum Gasteiger partial charge on any atom is 0.206 e. The molecular weight excluding hydrogens is 338 g/mol. The van der Waals surface area contributed by atoms with Crippen LogP contribution in [0.4, 0.5) is 5.13 Å². The average Bonchev–Trinajstić information content (AvgIpc) is 3.27. The molecule has 0 saturated carbocycles. The third kappa shape index (κ3) is 3.07. The fourth-order valence-corrected chi connectivity index (χ4v) is 4.80.